The van der Waals surface area contributed by atoms with E-state index < -0.39 is 18.1 Å². The van der Waals surface area contributed by atoms with Crippen LogP contribution in [0, 0.1) is 0 Å². The lowest BCUT2D eigenvalue weighted by atomic mass is 10.0. The van der Waals surface area contributed by atoms with Crippen LogP contribution in [0.2, 0.25) is 0 Å². The normalized spacial score (nSPS) is 13.1. The zero-order valence-corrected chi connectivity index (χ0v) is 41.3. The number of ether oxygens (including phenoxy) is 3. The molecule has 0 amide bonds. The Balaban J connectivity index is 4.16. The Labute approximate surface area is 383 Å². The van der Waals surface area contributed by atoms with Crippen LogP contribution in [0.15, 0.2) is 36.5 Å². The molecule has 62 heavy (non-hydrogen) atoms. The Bertz CT molecular complexity index is 1110. The number of carbonyl (C=O) groups is 3. The average molecular weight is 875 g/mol. The quantitative estimate of drug-likeness (QED) is 0.0281. The first-order chi connectivity index (χ1) is 30.1. The average Bonchev–Trinajstić information content (AvgIpc) is 3.23. The molecular weight excluding hydrogens is 775 g/mol. The van der Waals surface area contributed by atoms with E-state index in [2.05, 4.69) is 50.3 Å². The van der Waals surface area contributed by atoms with Crippen molar-refractivity contribution in [1.29, 1.82) is 0 Å². The number of aliphatic carboxylic acids is 1. The Morgan fingerprint density at radius 2 is 0.903 bits per heavy atom. The molecule has 0 aliphatic carbocycles. The number of carboxylic acid groups (broad SMARTS) is 1. The zero-order chi connectivity index (χ0) is 45.6. The third-order valence-corrected chi connectivity index (χ3v) is 11.9. The smallest absolute Gasteiger partial charge is 0.362 e. The maximum atomic E-state index is 12.8. The molecule has 8 nitrogen and oxygen atoms in total. The third-order valence-electron chi connectivity index (χ3n) is 11.9. The van der Waals surface area contributed by atoms with E-state index in [9.17, 15) is 19.5 Å². The van der Waals surface area contributed by atoms with Crippen LogP contribution in [0.4, 0.5) is 0 Å². The van der Waals surface area contributed by atoms with E-state index in [4.69, 9.17) is 14.2 Å². The standard InChI is InChI=1S/C54H99NO7/c1-6-8-10-12-14-16-18-20-22-23-24-25-26-27-28-29-31-32-34-36-38-40-42-44-52(56)61-49-50(48-60-47-46-51(54(58)59)55(3,4)5)62-53(57)45-43-41-39-37-35-33-30-21-19-17-15-13-11-9-7-2/h9,11,13,15,17,19,50-51H,6-8,10,12,14,16,18,20-49H2,1-5H3/p+1/b11-9+,15-13+,19-17+. The van der Waals surface area contributed by atoms with Crippen molar-refractivity contribution < 1.29 is 38.2 Å². The van der Waals surface area contributed by atoms with Crippen LogP contribution in [0.1, 0.15) is 239 Å². The number of carboxylic acids is 1. The number of likely N-dealkylation sites (N-methyl/N-ethyl adjacent to an activating group) is 1. The number of esters is 2. The first-order valence-electron chi connectivity index (χ1n) is 26.1. The molecule has 0 fully saturated rings. The lowest BCUT2D eigenvalue weighted by Gasteiger charge is -2.31. The van der Waals surface area contributed by atoms with Gasteiger partial charge < -0.3 is 23.8 Å². The predicted octanol–water partition coefficient (Wildman–Crippen LogP) is 15.0. The molecule has 2 atom stereocenters. The zero-order valence-electron chi connectivity index (χ0n) is 41.3. The number of unbranched alkanes of at least 4 members (excludes halogenated alkanes) is 29. The van der Waals surface area contributed by atoms with Crippen LogP contribution in [-0.2, 0) is 28.6 Å². The lowest BCUT2D eigenvalue weighted by molar-refractivity contribution is -0.887. The number of rotatable bonds is 47. The maximum Gasteiger partial charge on any atom is 0.362 e. The van der Waals surface area contributed by atoms with Gasteiger partial charge >= 0.3 is 17.9 Å². The third kappa shape index (κ3) is 42.8. The van der Waals surface area contributed by atoms with Gasteiger partial charge in [-0.15, -0.1) is 0 Å². The minimum absolute atomic E-state index is 0.0526. The molecule has 0 aliphatic heterocycles. The second-order valence-corrected chi connectivity index (χ2v) is 18.8. The van der Waals surface area contributed by atoms with E-state index in [0.29, 0.717) is 19.3 Å². The monoisotopic (exact) mass is 875 g/mol. The van der Waals surface area contributed by atoms with Gasteiger partial charge in [0.25, 0.3) is 0 Å². The molecular formula is C54H100NO7+. The van der Waals surface area contributed by atoms with E-state index in [0.717, 1.165) is 57.8 Å². The summed E-state index contributed by atoms with van der Waals surface area (Å²) in [7, 11) is 5.53. The topological polar surface area (TPSA) is 99.1 Å². The van der Waals surface area contributed by atoms with Gasteiger partial charge in [0.2, 0.25) is 0 Å². The first-order valence-corrected chi connectivity index (χ1v) is 26.1. The molecule has 0 heterocycles. The fourth-order valence-corrected chi connectivity index (χ4v) is 7.86. The van der Waals surface area contributed by atoms with Crippen LogP contribution >= 0.6 is 0 Å². The van der Waals surface area contributed by atoms with Crippen molar-refractivity contribution in [1.82, 2.24) is 0 Å². The summed E-state index contributed by atoms with van der Waals surface area (Å²) in [6.07, 6.45) is 53.5. The number of allylic oxidation sites excluding steroid dienone is 6. The van der Waals surface area contributed by atoms with Gasteiger partial charge in [-0.25, -0.2) is 4.79 Å². The minimum atomic E-state index is -0.875. The maximum absolute atomic E-state index is 12.8. The summed E-state index contributed by atoms with van der Waals surface area (Å²) < 4.78 is 17.3. The van der Waals surface area contributed by atoms with E-state index in [1.807, 2.05) is 21.1 Å². The summed E-state index contributed by atoms with van der Waals surface area (Å²) in [6.45, 7) is 4.63. The van der Waals surface area contributed by atoms with Crippen molar-refractivity contribution in [3.63, 3.8) is 0 Å². The number of hydrogen-bond donors (Lipinski definition) is 1. The van der Waals surface area contributed by atoms with Crippen LogP contribution in [-0.4, -0.2) is 80.6 Å². The number of hydrogen-bond acceptors (Lipinski definition) is 6. The summed E-state index contributed by atoms with van der Waals surface area (Å²) in [5.41, 5.74) is 0. The molecule has 0 saturated carbocycles. The summed E-state index contributed by atoms with van der Waals surface area (Å²) in [6, 6.07) is -0.616. The molecule has 0 saturated heterocycles. The summed E-state index contributed by atoms with van der Waals surface area (Å²) in [5.74, 6) is -1.47. The minimum Gasteiger partial charge on any atom is -0.477 e. The van der Waals surface area contributed by atoms with E-state index >= 15 is 0 Å². The molecule has 2 unspecified atom stereocenters. The van der Waals surface area contributed by atoms with Gasteiger partial charge in [-0.3, -0.25) is 9.59 Å². The molecule has 0 spiro atoms. The van der Waals surface area contributed by atoms with Crippen molar-refractivity contribution >= 4 is 17.9 Å². The number of quaternary nitrogens is 1. The highest BCUT2D eigenvalue weighted by Gasteiger charge is 2.31. The summed E-state index contributed by atoms with van der Waals surface area (Å²) >= 11 is 0. The second kappa shape index (κ2) is 45.1. The molecule has 0 aliphatic rings. The molecule has 0 aromatic carbocycles. The number of nitrogens with zero attached hydrogens (tertiary/aromatic N) is 1. The van der Waals surface area contributed by atoms with Gasteiger partial charge in [-0.1, -0.05) is 224 Å². The number of carbonyl (C=O) groups excluding carboxylic acids is 2. The van der Waals surface area contributed by atoms with Gasteiger partial charge in [0.15, 0.2) is 12.1 Å². The van der Waals surface area contributed by atoms with Crippen molar-refractivity contribution in [2.75, 3.05) is 41.0 Å². The molecule has 0 rings (SSSR count). The van der Waals surface area contributed by atoms with Crippen molar-refractivity contribution in [2.24, 2.45) is 0 Å². The van der Waals surface area contributed by atoms with Crippen LogP contribution < -0.4 is 0 Å². The van der Waals surface area contributed by atoms with E-state index in [1.54, 1.807) is 0 Å². The fourth-order valence-electron chi connectivity index (χ4n) is 7.86. The molecule has 0 aromatic rings. The molecule has 8 heteroatoms. The molecule has 0 aromatic heterocycles. The largest absolute Gasteiger partial charge is 0.477 e. The van der Waals surface area contributed by atoms with Crippen molar-refractivity contribution in [2.45, 2.75) is 251 Å². The van der Waals surface area contributed by atoms with Crippen LogP contribution in [0.5, 0.6) is 0 Å². The van der Waals surface area contributed by atoms with Crippen LogP contribution in [0.25, 0.3) is 0 Å². The van der Waals surface area contributed by atoms with Gasteiger partial charge in [0.05, 0.1) is 34.4 Å². The lowest BCUT2D eigenvalue weighted by Crippen LogP contribution is -2.50. The summed E-state index contributed by atoms with van der Waals surface area (Å²) in [4.78, 5) is 37.1. The molecule has 0 bridgehead atoms. The SMILES string of the molecule is CC/C=C/C=C/C=C/CCCCCCCCCC(=O)OC(COCCC(C(=O)O)[N+](C)(C)C)COC(=O)CCCCCCCCCCCCCCCCCCCCCCCCC. The van der Waals surface area contributed by atoms with Gasteiger partial charge in [0.1, 0.15) is 6.61 Å². The fraction of sp³-hybridized carbons (Fsp3) is 0.833. The molecule has 362 valence electrons. The summed E-state index contributed by atoms with van der Waals surface area (Å²) in [5, 5.41) is 9.65. The van der Waals surface area contributed by atoms with Crippen molar-refractivity contribution in [3.8, 4) is 0 Å². The first kappa shape index (κ1) is 59.5. The Morgan fingerprint density at radius 1 is 0.500 bits per heavy atom. The molecule has 0 radical (unpaired) electrons. The van der Waals surface area contributed by atoms with E-state index in [-0.39, 0.29) is 36.2 Å². The highest BCUT2D eigenvalue weighted by molar-refractivity contribution is 5.72. The molecule has 1 N–H and O–H groups in total. The Morgan fingerprint density at radius 3 is 1.32 bits per heavy atom. The predicted molar refractivity (Wildman–Crippen MR) is 261 cm³/mol. The van der Waals surface area contributed by atoms with Gasteiger partial charge in [0, 0.05) is 19.3 Å². The Hall–Kier alpha value is -2.45. The van der Waals surface area contributed by atoms with Gasteiger partial charge in [-0.2, -0.15) is 0 Å². The highest BCUT2D eigenvalue weighted by Crippen LogP contribution is 2.17. The second-order valence-electron chi connectivity index (χ2n) is 18.8. The van der Waals surface area contributed by atoms with Gasteiger partial charge in [-0.05, 0) is 32.1 Å². The van der Waals surface area contributed by atoms with Crippen LogP contribution in [0.3, 0.4) is 0 Å². The van der Waals surface area contributed by atoms with E-state index in [1.165, 1.54) is 148 Å². The Kier molecular flexibility index (Phi) is 43.3. The highest BCUT2D eigenvalue weighted by atomic mass is 16.6. The van der Waals surface area contributed by atoms with Crippen molar-refractivity contribution in [3.05, 3.63) is 36.5 Å².